The van der Waals surface area contributed by atoms with Gasteiger partial charge in [0, 0.05) is 36.3 Å². The molecular weight excluding hydrogens is 578 g/mol. The molecule has 0 saturated carbocycles. The molecule has 0 aliphatic carbocycles. The summed E-state index contributed by atoms with van der Waals surface area (Å²) in [5.74, 6) is 1.45. The SMILES string of the molecule is CN=C(N)c1ccc(N=C(N)c2ccc(Cl)c(C(N)=Nc3ccc(C(N)=NC)cc3)c2)cc1.Cl.Cl.Cl.Cl. The molecule has 0 aliphatic rings. The molecule has 0 heterocycles. The molecule has 3 aromatic carbocycles. The highest BCUT2D eigenvalue weighted by Crippen LogP contribution is 2.21. The molecule has 200 valence electrons. The highest BCUT2D eigenvalue weighted by atomic mass is 35.5. The number of nitrogens with two attached hydrogens (primary N) is 4. The molecule has 8 nitrogen and oxygen atoms in total. The van der Waals surface area contributed by atoms with Crippen molar-refractivity contribution in [2.75, 3.05) is 14.1 Å². The Labute approximate surface area is 246 Å². The van der Waals surface area contributed by atoms with E-state index in [2.05, 4.69) is 20.0 Å². The van der Waals surface area contributed by atoms with Crippen molar-refractivity contribution in [3.05, 3.63) is 94.0 Å². The second-order valence-electron chi connectivity index (χ2n) is 7.00. The zero-order chi connectivity index (χ0) is 24.0. The van der Waals surface area contributed by atoms with Crippen LogP contribution in [0.15, 0.2) is 86.7 Å². The van der Waals surface area contributed by atoms with Gasteiger partial charge in [0.25, 0.3) is 0 Å². The van der Waals surface area contributed by atoms with E-state index >= 15 is 0 Å². The van der Waals surface area contributed by atoms with Crippen LogP contribution in [0.2, 0.25) is 5.02 Å². The molecule has 37 heavy (non-hydrogen) atoms. The molecule has 8 N–H and O–H groups in total. The third kappa shape index (κ3) is 9.42. The molecule has 0 unspecified atom stereocenters. The summed E-state index contributed by atoms with van der Waals surface area (Å²) in [5, 5.41) is 0.450. The predicted molar refractivity (Wildman–Crippen MR) is 167 cm³/mol. The lowest BCUT2D eigenvalue weighted by Gasteiger charge is -2.08. The van der Waals surface area contributed by atoms with E-state index in [9.17, 15) is 0 Å². The molecule has 13 heteroatoms. The lowest BCUT2D eigenvalue weighted by Crippen LogP contribution is -2.17. The zero-order valence-electron chi connectivity index (χ0n) is 20.0. The molecule has 0 amide bonds. The molecule has 0 atom stereocenters. The van der Waals surface area contributed by atoms with Gasteiger partial charge in [0.2, 0.25) is 0 Å². The Morgan fingerprint density at radius 1 is 0.541 bits per heavy atom. The minimum atomic E-state index is 0. The van der Waals surface area contributed by atoms with Crippen molar-refractivity contribution in [1.82, 2.24) is 0 Å². The molecule has 0 bridgehead atoms. The monoisotopic (exact) mass is 604 g/mol. The molecule has 0 aromatic heterocycles. The topological polar surface area (TPSA) is 154 Å². The third-order valence-electron chi connectivity index (χ3n) is 4.85. The van der Waals surface area contributed by atoms with Crippen molar-refractivity contribution < 1.29 is 0 Å². The Hall–Kier alpha value is -3.01. The second-order valence-corrected chi connectivity index (χ2v) is 7.41. The summed E-state index contributed by atoms with van der Waals surface area (Å²) in [5.41, 5.74) is 28.3. The van der Waals surface area contributed by atoms with E-state index in [0.717, 1.165) is 11.1 Å². The van der Waals surface area contributed by atoms with Crippen LogP contribution in [-0.4, -0.2) is 37.4 Å². The number of hydrogen-bond donors (Lipinski definition) is 4. The van der Waals surface area contributed by atoms with Crippen molar-refractivity contribution >= 4 is 95.9 Å². The first-order valence-electron chi connectivity index (χ1n) is 9.96. The van der Waals surface area contributed by atoms with Gasteiger partial charge in [-0.1, -0.05) is 11.6 Å². The fraction of sp³-hybridized carbons (Fsp3) is 0.0833. The summed E-state index contributed by atoms with van der Waals surface area (Å²) in [6, 6.07) is 19.8. The van der Waals surface area contributed by atoms with E-state index in [0.29, 0.717) is 45.0 Å². The van der Waals surface area contributed by atoms with Crippen molar-refractivity contribution in [1.29, 1.82) is 0 Å². The van der Waals surface area contributed by atoms with Crippen molar-refractivity contribution in [3.8, 4) is 0 Å². The zero-order valence-corrected chi connectivity index (χ0v) is 24.0. The van der Waals surface area contributed by atoms with Crippen LogP contribution in [0.5, 0.6) is 0 Å². The molecule has 0 spiro atoms. The number of benzene rings is 3. The van der Waals surface area contributed by atoms with Crippen LogP contribution >= 0.6 is 61.2 Å². The van der Waals surface area contributed by atoms with Gasteiger partial charge in [-0.2, -0.15) is 0 Å². The maximum absolute atomic E-state index is 6.37. The normalized spacial score (nSPS) is 11.9. The molecule has 0 radical (unpaired) electrons. The van der Waals surface area contributed by atoms with Crippen molar-refractivity contribution in [2.45, 2.75) is 0 Å². The predicted octanol–water partition coefficient (Wildman–Crippen LogP) is 4.77. The second kappa shape index (κ2) is 16.7. The number of amidine groups is 4. The number of rotatable bonds is 6. The van der Waals surface area contributed by atoms with E-state index in [1.807, 2.05) is 36.4 Å². The summed E-state index contributed by atoms with van der Waals surface area (Å²) in [7, 11) is 3.27. The first-order chi connectivity index (χ1) is 15.8. The van der Waals surface area contributed by atoms with Crippen LogP contribution in [-0.2, 0) is 0 Å². The molecule has 0 saturated heterocycles. The average molecular weight is 607 g/mol. The lowest BCUT2D eigenvalue weighted by atomic mass is 10.1. The van der Waals surface area contributed by atoms with Crippen LogP contribution in [0.1, 0.15) is 22.3 Å². The van der Waals surface area contributed by atoms with E-state index in [4.69, 9.17) is 34.5 Å². The Kier molecular flexibility index (Phi) is 16.3. The molecule has 3 aromatic rings. The van der Waals surface area contributed by atoms with Crippen LogP contribution < -0.4 is 22.9 Å². The van der Waals surface area contributed by atoms with Gasteiger partial charge in [0.05, 0.1) is 16.4 Å². The number of hydrogen-bond acceptors (Lipinski definition) is 4. The fourth-order valence-corrected chi connectivity index (χ4v) is 3.17. The van der Waals surface area contributed by atoms with Gasteiger partial charge in [-0.05, 0) is 66.7 Å². The van der Waals surface area contributed by atoms with E-state index in [-0.39, 0.29) is 55.5 Å². The molecule has 0 fully saturated rings. The molecular formula is C24H29Cl5N8. The summed E-state index contributed by atoms with van der Waals surface area (Å²) in [4.78, 5) is 16.9. The Morgan fingerprint density at radius 2 is 0.919 bits per heavy atom. The van der Waals surface area contributed by atoms with Gasteiger partial charge < -0.3 is 22.9 Å². The van der Waals surface area contributed by atoms with Gasteiger partial charge in [0.15, 0.2) is 0 Å². The summed E-state index contributed by atoms with van der Waals surface area (Å²) in [6.07, 6.45) is 0. The third-order valence-corrected chi connectivity index (χ3v) is 5.17. The smallest absolute Gasteiger partial charge is 0.132 e. The number of aliphatic imine (C=N–C) groups is 4. The Bertz CT molecular complexity index is 1270. The first kappa shape index (κ1) is 36.1. The first-order valence-corrected chi connectivity index (χ1v) is 10.3. The van der Waals surface area contributed by atoms with E-state index < -0.39 is 0 Å². The van der Waals surface area contributed by atoms with Crippen LogP contribution in [0.3, 0.4) is 0 Å². The van der Waals surface area contributed by atoms with Gasteiger partial charge in [0.1, 0.15) is 23.3 Å². The minimum Gasteiger partial charge on any atom is -0.384 e. The summed E-state index contributed by atoms with van der Waals surface area (Å²) in [6.45, 7) is 0. The average Bonchev–Trinajstić information content (AvgIpc) is 2.84. The highest BCUT2D eigenvalue weighted by molar-refractivity contribution is 6.34. The van der Waals surface area contributed by atoms with Gasteiger partial charge >= 0.3 is 0 Å². The maximum atomic E-state index is 6.37. The maximum Gasteiger partial charge on any atom is 0.132 e. The standard InChI is InChI=1S/C24H25ClN8.4ClH/c1-30-21(26)14-3-8-17(9-4-14)32-23(28)16-7-12-20(25)19(13-16)24(29)33-18-10-5-15(6-11-18)22(27)31-2;;;;/h3-13H,1-2H3,(H2,26,30)(H2,27,31)(H2,28,32)(H2,29,33);4*1H. The largest absolute Gasteiger partial charge is 0.384 e. The quantitative estimate of drug-likeness (QED) is 0.236. The number of nitrogens with zero attached hydrogens (tertiary/aromatic N) is 4. The van der Waals surface area contributed by atoms with E-state index in [1.54, 1.807) is 44.4 Å². The number of halogens is 5. The lowest BCUT2D eigenvalue weighted by molar-refractivity contribution is 1.38. The van der Waals surface area contributed by atoms with Crippen LogP contribution in [0.4, 0.5) is 11.4 Å². The van der Waals surface area contributed by atoms with Crippen molar-refractivity contribution in [3.63, 3.8) is 0 Å². The Morgan fingerprint density at radius 3 is 1.32 bits per heavy atom. The van der Waals surface area contributed by atoms with Crippen molar-refractivity contribution in [2.24, 2.45) is 42.9 Å². The van der Waals surface area contributed by atoms with Gasteiger partial charge in [-0.3, -0.25) is 9.98 Å². The highest BCUT2D eigenvalue weighted by Gasteiger charge is 2.10. The van der Waals surface area contributed by atoms with E-state index in [1.165, 1.54) is 0 Å². The fourth-order valence-electron chi connectivity index (χ4n) is 2.96. The van der Waals surface area contributed by atoms with Gasteiger partial charge in [-0.25, -0.2) is 9.98 Å². The summed E-state index contributed by atoms with van der Waals surface area (Å²) < 4.78 is 0. The Balaban J connectivity index is 0. The van der Waals surface area contributed by atoms with Crippen LogP contribution in [0, 0.1) is 0 Å². The minimum absolute atomic E-state index is 0. The molecule has 3 rings (SSSR count). The molecule has 0 aliphatic heterocycles. The summed E-state index contributed by atoms with van der Waals surface area (Å²) >= 11 is 6.37. The van der Waals surface area contributed by atoms with Gasteiger partial charge in [-0.15, -0.1) is 49.6 Å². The van der Waals surface area contributed by atoms with Crippen LogP contribution in [0.25, 0.3) is 0 Å².